The quantitative estimate of drug-likeness (QED) is 0.932. The molecule has 2 atom stereocenters. The molecule has 3 rings (SSSR count). The van der Waals surface area contributed by atoms with Crippen molar-refractivity contribution in [1.82, 2.24) is 15.2 Å². The number of nitrogens with one attached hydrogen (secondary N) is 1. The van der Waals surface area contributed by atoms with Gasteiger partial charge in [-0.05, 0) is 19.1 Å². The van der Waals surface area contributed by atoms with Crippen LogP contribution in [0.4, 0.5) is 4.79 Å². The van der Waals surface area contributed by atoms with Crippen molar-refractivity contribution in [3.05, 3.63) is 40.2 Å². The van der Waals surface area contributed by atoms with Crippen LogP contribution in [0.5, 0.6) is 0 Å². The summed E-state index contributed by atoms with van der Waals surface area (Å²) in [7, 11) is 0. The highest BCUT2D eigenvalue weighted by Gasteiger charge is 2.31. The van der Waals surface area contributed by atoms with E-state index in [0.29, 0.717) is 19.8 Å². The minimum Gasteiger partial charge on any atom is -0.464 e. The molecule has 2 aromatic heterocycles. The number of furan rings is 1. The molecule has 23 heavy (non-hydrogen) atoms. The van der Waals surface area contributed by atoms with Crippen LogP contribution in [0.1, 0.15) is 42.5 Å². The van der Waals surface area contributed by atoms with Gasteiger partial charge in [0.25, 0.3) is 0 Å². The van der Waals surface area contributed by atoms with Crippen molar-refractivity contribution in [3.8, 4) is 0 Å². The largest absolute Gasteiger partial charge is 0.464 e. The molecule has 0 bridgehead atoms. The Morgan fingerprint density at radius 1 is 1.57 bits per heavy atom. The van der Waals surface area contributed by atoms with Crippen LogP contribution in [0.2, 0.25) is 0 Å². The Labute approximate surface area is 139 Å². The average molecular weight is 335 g/mol. The van der Waals surface area contributed by atoms with Crippen molar-refractivity contribution in [2.24, 2.45) is 0 Å². The Kier molecular flexibility index (Phi) is 4.97. The third kappa shape index (κ3) is 3.56. The van der Waals surface area contributed by atoms with E-state index >= 15 is 0 Å². The minimum absolute atomic E-state index is 0.115. The van der Waals surface area contributed by atoms with E-state index < -0.39 is 0 Å². The Bertz CT molecular complexity index is 641. The molecule has 7 heteroatoms. The molecule has 0 unspecified atom stereocenters. The molecule has 0 aromatic carbocycles. The second kappa shape index (κ2) is 7.14. The molecule has 6 nitrogen and oxygen atoms in total. The van der Waals surface area contributed by atoms with Gasteiger partial charge < -0.3 is 19.4 Å². The van der Waals surface area contributed by atoms with E-state index in [-0.39, 0.29) is 18.1 Å². The maximum atomic E-state index is 12.7. The first kappa shape index (κ1) is 16.0. The fraction of sp³-hybridized carbons (Fsp3) is 0.500. The fourth-order valence-electron chi connectivity index (χ4n) is 2.62. The number of ether oxygens (including phenoxy) is 1. The lowest BCUT2D eigenvalue weighted by Gasteiger charge is -2.35. The Balaban J connectivity index is 1.71. The summed E-state index contributed by atoms with van der Waals surface area (Å²) < 4.78 is 11.4. The number of urea groups is 1. The summed E-state index contributed by atoms with van der Waals surface area (Å²) in [6.45, 7) is 5.52. The zero-order valence-corrected chi connectivity index (χ0v) is 14.1. The van der Waals surface area contributed by atoms with Gasteiger partial charge in [0.05, 0.1) is 19.3 Å². The number of morpholine rings is 1. The summed E-state index contributed by atoms with van der Waals surface area (Å²) in [5, 5.41) is 5.82. The summed E-state index contributed by atoms with van der Waals surface area (Å²) in [5.41, 5.74) is 0. The molecule has 1 saturated heterocycles. The number of carbonyl (C=O) groups is 1. The number of aryl methyl sites for hydroxylation is 1. The van der Waals surface area contributed by atoms with E-state index in [1.54, 1.807) is 11.1 Å². The zero-order valence-electron chi connectivity index (χ0n) is 13.3. The second-order valence-electron chi connectivity index (χ2n) is 5.48. The average Bonchev–Trinajstić information content (AvgIpc) is 3.26. The van der Waals surface area contributed by atoms with Crippen LogP contribution in [0.25, 0.3) is 0 Å². The van der Waals surface area contributed by atoms with Crippen molar-refractivity contribution < 1.29 is 13.9 Å². The molecule has 0 aliphatic carbocycles. The number of amides is 2. The Morgan fingerprint density at radius 2 is 2.43 bits per heavy atom. The van der Waals surface area contributed by atoms with Crippen LogP contribution >= 0.6 is 11.3 Å². The van der Waals surface area contributed by atoms with Crippen molar-refractivity contribution in [2.75, 3.05) is 19.8 Å². The molecule has 0 spiro atoms. The van der Waals surface area contributed by atoms with Crippen LogP contribution in [0.3, 0.4) is 0 Å². The standard InChI is InChI=1S/C16H21N3O3S/c1-3-12-4-5-14(22-12)13-10-21-8-7-19(13)16(20)18-11(2)15-17-6-9-23-15/h4-6,9,11,13H,3,7-8,10H2,1-2H3,(H,18,20)/t11-,13-/m0/s1. The number of hydrogen-bond acceptors (Lipinski definition) is 5. The van der Waals surface area contributed by atoms with Crippen molar-refractivity contribution in [1.29, 1.82) is 0 Å². The SMILES string of the molecule is CCc1ccc([C@@H]2COCCN2C(=O)N[C@@H](C)c2nccs2)o1. The van der Waals surface area contributed by atoms with E-state index in [1.807, 2.05) is 31.4 Å². The van der Waals surface area contributed by atoms with Crippen molar-refractivity contribution in [3.63, 3.8) is 0 Å². The van der Waals surface area contributed by atoms with Gasteiger partial charge in [-0.1, -0.05) is 6.92 Å². The van der Waals surface area contributed by atoms with Crippen LogP contribution in [-0.4, -0.2) is 35.7 Å². The van der Waals surface area contributed by atoms with Gasteiger partial charge >= 0.3 is 6.03 Å². The molecule has 1 aliphatic heterocycles. The summed E-state index contributed by atoms with van der Waals surface area (Å²) in [6, 6.07) is 3.47. The summed E-state index contributed by atoms with van der Waals surface area (Å²) in [6.07, 6.45) is 2.58. The van der Waals surface area contributed by atoms with Gasteiger partial charge in [-0.2, -0.15) is 0 Å². The van der Waals surface area contributed by atoms with Crippen LogP contribution < -0.4 is 5.32 Å². The zero-order chi connectivity index (χ0) is 16.2. The highest BCUT2D eigenvalue weighted by molar-refractivity contribution is 7.09. The molecule has 0 saturated carbocycles. The highest BCUT2D eigenvalue weighted by atomic mass is 32.1. The summed E-state index contributed by atoms with van der Waals surface area (Å²) in [4.78, 5) is 18.7. The topological polar surface area (TPSA) is 67.6 Å². The predicted octanol–water partition coefficient (Wildman–Crippen LogP) is 3.14. The summed E-state index contributed by atoms with van der Waals surface area (Å²) in [5.74, 6) is 1.70. The molecule has 1 fully saturated rings. The number of rotatable bonds is 4. The highest BCUT2D eigenvalue weighted by Crippen LogP contribution is 2.27. The number of nitrogens with zero attached hydrogens (tertiary/aromatic N) is 2. The molecule has 1 N–H and O–H groups in total. The first-order valence-electron chi connectivity index (χ1n) is 7.82. The van der Waals surface area contributed by atoms with Crippen LogP contribution in [0.15, 0.2) is 28.1 Å². The lowest BCUT2D eigenvalue weighted by molar-refractivity contribution is 0.00350. The van der Waals surface area contributed by atoms with E-state index in [9.17, 15) is 4.79 Å². The first-order chi connectivity index (χ1) is 11.2. The number of hydrogen-bond donors (Lipinski definition) is 1. The first-order valence-corrected chi connectivity index (χ1v) is 8.70. The number of carbonyl (C=O) groups excluding carboxylic acids is 1. The molecule has 2 aromatic rings. The summed E-state index contributed by atoms with van der Waals surface area (Å²) >= 11 is 1.54. The maximum Gasteiger partial charge on any atom is 0.318 e. The van der Waals surface area contributed by atoms with Gasteiger partial charge in [0, 0.05) is 24.5 Å². The molecular weight excluding hydrogens is 314 g/mol. The molecule has 0 radical (unpaired) electrons. The monoisotopic (exact) mass is 335 g/mol. The smallest absolute Gasteiger partial charge is 0.318 e. The van der Waals surface area contributed by atoms with Gasteiger partial charge in [0.2, 0.25) is 0 Å². The van der Waals surface area contributed by atoms with Crippen molar-refractivity contribution >= 4 is 17.4 Å². The number of aromatic nitrogens is 1. The van der Waals surface area contributed by atoms with E-state index in [2.05, 4.69) is 10.3 Å². The molecule has 2 amide bonds. The molecular formula is C16H21N3O3S. The molecule has 3 heterocycles. The lowest BCUT2D eigenvalue weighted by Crippen LogP contribution is -2.48. The number of thiazole rings is 1. The third-order valence-corrected chi connectivity index (χ3v) is 4.87. The van der Waals surface area contributed by atoms with E-state index in [1.165, 1.54) is 11.3 Å². The lowest BCUT2D eigenvalue weighted by atomic mass is 10.2. The van der Waals surface area contributed by atoms with Gasteiger partial charge in [0.15, 0.2) is 0 Å². The van der Waals surface area contributed by atoms with E-state index in [4.69, 9.17) is 9.15 Å². The fourth-order valence-corrected chi connectivity index (χ4v) is 3.27. The maximum absolute atomic E-state index is 12.7. The van der Waals surface area contributed by atoms with Gasteiger partial charge in [-0.3, -0.25) is 0 Å². The van der Waals surface area contributed by atoms with Gasteiger partial charge in [-0.25, -0.2) is 9.78 Å². The van der Waals surface area contributed by atoms with Crippen LogP contribution in [0, 0.1) is 0 Å². The van der Waals surface area contributed by atoms with Gasteiger partial charge in [-0.15, -0.1) is 11.3 Å². The Morgan fingerprint density at radius 3 is 3.13 bits per heavy atom. The second-order valence-corrected chi connectivity index (χ2v) is 6.41. The predicted molar refractivity (Wildman–Crippen MR) is 87.4 cm³/mol. The van der Waals surface area contributed by atoms with Gasteiger partial charge in [0.1, 0.15) is 22.6 Å². The van der Waals surface area contributed by atoms with Crippen molar-refractivity contribution in [2.45, 2.75) is 32.4 Å². The third-order valence-electron chi connectivity index (χ3n) is 3.91. The van der Waals surface area contributed by atoms with Crippen LogP contribution in [-0.2, 0) is 11.2 Å². The molecule has 124 valence electrons. The minimum atomic E-state index is -0.187. The normalized spacial score (nSPS) is 19.6. The van der Waals surface area contributed by atoms with E-state index in [0.717, 1.165) is 22.9 Å². The molecule has 1 aliphatic rings. The Hall–Kier alpha value is -1.86.